The quantitative estimate of drug-likeness (QED) is 0.704. The third-order valence-corrected chi connectivity index (χ3v) is 5.27. The Morgan fingerprint density at radius 3 is 2.57 bits per heavy atom. The maximum atomic E-state index is 12.8. The van der Waals surface area contributed by atoms with Gasteiger partial charge in [-0.15, -0.1) is 0 Å². The highest BCUT2D eigenvalue weighted by Gasteiger charge is 2.26. The van der Waals surface area contributed by atoms with Gasteiger partial charge in [0.15, 0.2) is 5.82 Å². The maximum Gasteiger partial charge on any atom is 0.256 e. The van der Waals surface area contributed by atoms with Crippen LogP contribution in [0.5, 0.6) is 0 Å². The number of nitrogens with zero attached hydrogens (tertiary/aromatic N) is 5. The number of rotatable bonds is 4. The molecule has 2 aromatic heterocycles. The molecule has 28 heavy (non-hydrogen) atoms. The molecule has 1 aliphatic rings. The van der Waals surface area contributed by atoms with Gasteiger partial charge in [-0.25, -0.2) is 9.97 Å². The van der Waals surface area contributed by atoms with Crippen molar-refractivity contribution in [2.45, 2.75) is 19.0 Å². The van der Waals surface area contributed by atoms with Crippen molar-refractivity contribution in [2.24, 2.45) is 0 Å². The fourth-order valence-electron chi connectivity index (χ4n) is 3.62. The Morgan fingerprint density at radius 2 is 1.86 bits per heavy atom. The molecule has 0 unspecified atom stereocenters. The predicted octanol–water partition coefficient (Wildman–Crippen LogP) is 2.67. The van der Waals surface area contributed by atoms with E-state index in [1.165, 1.54) is 11.1 Å². The summed E-state index contributed by atoms with van der Waals surface area (Å²) in [6.07, 6.45) is 7.54. The van der Waals surface area contributed by atoms with Crippen LogP contribution in [-0.2, 0) is 13.0 Å². The van der Waals surface area contributed by atoms with Gasteiger partial charge >= 0.3 is 0 Å². The fourth-order valence-corrected chi connectivity index (χ4v) is 3.62. The molecule has 3 heterocycles. The van der Waals surface area contributed by atoms with Gasteiger partial charge in [0.25, 0.3) is 5.91 Å². The minimum Gasteiger partial charge on any atom is -0.340 e. The van der Waals surface area contributed by atoms with Gasteiger partial charge in [0.2, 0.25) is 0 Å². The Hall–Kier alpha value is -3.12. The van der Waals surface area contributed by atoms with Crippen molar-refractivity contribution in [3.8, 4) is 11.4 Å². The topological polar surface area (TPSA) is 62.2 Å². The molecule has 0 spiro atoms. The summed E-state index contributed by atoms with van der Waals surface area (Å²) in [6, 6.07) is 12.5. The van der Waals surface area contributed by atoms with Crippen LogP contribution in [0, 0.1) is 0 Å². The number of fused-ring (bicyclic) bond motifs is 1. The summed E-state index contributed by atoms with van der Waals surface area (Å²) in [5, 5.41) is 0. The number of hydrogen-bond acceptors (Lipinski definition) is 5. The van der Waals surface area contributed by atoms with Crippen LogP contribution in [0.1, 0.15) is 21.5 Å². The van der Waals surface area contributed by atoms with Crippen LogP contribution >= 0.6 is 0 Å². The van der Waals surface area contributed by atoms with Crippen LogP contribution in [0.2, 0.25) is 0 Å². The Kier molecular flexibility index (Phi) is 5.12. The number of amides is 1. The molecule has 142 valence electrons. The summed E-state index contributed by atoms with van der Waals surface area (Å²) in [7, 11) is 3.95. The van der Waals surface area contributed by atoms with Crippen molar-refractivity contribution in [1.82, 2.24) is 24.8 Å². The molecule has 0 radical (unpaired) electrons. The summed E-state index contributed by atoms with van der Waals surface area (Å²) in [5.41, 5.74) is 4.07. The lowest BCUT2D eigenvalue weighted by Gasteiger charge is -2.36. The highest BCUT2D eigenvalue weighted by molar-refractivity contribution is 5.93. The zero-order chi connectivity index (χ0) is 19.5. The molecule has 1 atom stereocenters. The smallest absolute Gasteiger partial charge is 0.256 e. The third-order valence-electron chi connectivity index (χ3n) is 5.27. The highest BCUT2D eigenvalue weighted by atomic mass is 16.2. The number of aromatic nitrogens is 3. The summed E-state index contributed by atoms with van der Waals surface area (Å²) >= 11 is 0. The molecule has 6 heteroatoms. The fraction of sp³-hybridized carbons (Fsp3) is 0.273. The molecular formula is C22H23N5O. The Labute approximate surface area is 164 Å². The maximum absolute atomic E-state index is 12.8. The van der Waals surface area contributed by atoms with Gasteiger partial charge in [0, 0.05) is 56.5 Å². The molecular weight excluding hydrogens is 350 g/mol. The van der Waals surface area contributed by atoms with Crippen molar-refractivity contribution >= 4 is 5.91 Å². The van der Waals surface area contributed by atoms with Crippen LogP contribution in [0.4, 0.5) is 0 Å². The molecule has 0 N–H and O–H groups in total. The first kappa shape index (κ1) is 18.3. The van der Waals surface area contributed by atoms with Gasteiger partial charge < -0.3 is 4.90 Å². The lowest BCUT2D eigenvalue weighted by atomic mass is 9.94. The number of likely N-dealkylation sites (N-methyl/N-ethyl adjacent to an activating group) is 2. The van der Waals surface area contributed by atoms with E-state index in [1.807, 2.05) is 19.2 Å². The van der Waals surface area contributed by atoms with Crippen molar-refractivity contribution in [1.29, 1.82) is 0 Å². The second-order valence-corrected chi connectivity index (χ2v) is 7.26. The molecule has 0 aliphatic carbocycles. The summed E-state index contributed by atoms with van der Waals surface area (Å²) in [6.45, 7) is 1.57. The average molecular weight is 373 g/mol. The molecule has 0 saturated heterocycles. The van der Waals surface area contributed by atoms with E-state index in [-0.39, 0.29) is 5.91 Å². The summed E-state index contributed by atoms with van der Waals surface area (Å²) < 4.78 is 0. The Morgan fingerprint density at radius 1 is 1.11 bits per heavy atom. The SMILES string of the molecule is CN(C[C@@H]1Cc2ccccc2CN1C)C(=O)c1cnc(-c2cccnc2)nc1. The Bertz CT molecular complexity index is 958. The molecule has 0 saturated carbocycles. The third kappa shape index (κ3) is 3.77. The van der Waals surface area contributed by atoms with Crippen molar-refractivity contribution in [3.63, 3.8) is 0 Å². The summed E-state index contributed by atoms with van der Waals surface area (Å²) in [5.74, 6) is 0.501. The standard InChI is InChI=1S/C22H23N5O/c1-26-14-18-7-4-3-6-16(18)10-20(26)15-27(2)22(28)19-12-24-21(25-13-19)17-8-5-9-23-11-17/h3-9,11-13,20H,10,14-15H2,1-2H3/t20-/m0/s1. The van der Waals surface area contributed by atoms with Crippen LogP contribution < -0.4 is 0 Å². The van der Waals surface area contributed by atoms with E-state index in [9.17, 15) is 4.79 Å². The number of carbonyl (C=O) groups excluding carboxylic acids is 1. The first-order chi connectivity index (χ1) is 13.6. The number of pyridine rings is 1. The van der Waals surface area contributed by atoms with E-state index < -0.39 is 0 Å². The van der Waals surface area contributed by atoms with E-state index in [2.05, 4.69) is 51.2 Å². The second-order valence-electron chi connectivity index (χ2n) is 7.26. The minimum atomic E-state index is -0.0648. The van der Waals surface area contributed by atoms with Crippen LogP contribution in [0.25, 0.3) is 11.4 Å². The number of hydrogen-bond donors (Lipinski definition) is 0. The molecule has 6 nitrogen and oxygen atoms in total. The molecule has 0 bridgehead atoms. The monoisotopic (exact) mass is 373 g/mol. The van der Waals surface area contributed by atoms with E-state index >= 15 is 0 Å². The van der Waals surface area contributed by atoms with Crippen molar-refractivity contribution in [3.05, 3.63) is 77.9 Å². The van der Waals surface area contributed by atoms with Gasteiger partial charge in [-0.3, -0.25) is 14.7 Å². The van der Waals surface area contributed by atoms with E-state index in [1.54, 1.807) is 29.7 Å². The van der Waals surface area contributed by atoms with E-state index in [0.717, 1.165) is 18.5 Å². The van der Waals surface area contributed by atoms with Gasteiger partial charge in [-0.2, -0.15) is 0 Å². The molecule has 3 aromatic rings. The molecule has 1 aliphatic heterocycles. The summed E-state index contributed by atoms with van der Waals surface area (Å²) in [4.78, 5) is 29.7. The van der Waals surface area contributed by atoms with Gasteiger partial charge in [-0.1, -0.05) is 24.3 Å². The highest BCUT2D eigenvalue weighted by Crippen LogP contribution is 2.22. The normalized spacial score (nSPS) is 16.4. The number of carbonyl (C=O) groups is 1. The largest absolute Gasteiger partial charge is 0.340 e. The second kappa shape index (κ2) is 7.86. The van der Waals surface area contributed by atoms with E-state index in [4.69, 9.17) is 0 Å². The predicted molar refractivity (Wildman–Crippen MR) is 108 cm³/mol. The van der Waals surface area contributed by atoms with Gasteiger partial charge in [-0.05, 0) is 36.7 Å². The van der Waals surface area contributed by atoms with Crippen molar-refractivity contribution < 1.29 is 4.79 Å². The molecule has 0 fully saturated rings. The minimum absolute atomic E-state index is 0.0648. The first-order valence-electron chi connectivity index (χ1n) is 9.37. The van der Waals surface area contributed by atoms with Gasteiger partial charge in [0.05, 0.1) is 5.56 Å². The van der Waals surface area contributed by atoms with Crippen LogP contribution in [0.15, 0.2) is 61.2 Å². The lowest BCUT2D eigenvalue weighted by molar-refractivity contribution is 0.0732. The van der Waals surface area contributed by atoms with Crippen LogP contribution in [-0.4, -0.2) is 57.3 Å². The Balaban J connectivity index is 1.44. The first-order valence-corrected chi connectivity index (χ1v) is 9.37. The zero-order valence-corrected chi connectivity index (χ0v) is 16.1. The molecule has 1 aromatic carbocycles. The van der Waals surface area contributed by atoms with E-state index in [0.29, 0.717) is 24.0 Å². The lowest BCUT2D eigenvalue weighted by Crippen LogP contribution is -2.46. The van der Waals surface area contributed by atoms with Crippen LogP contribution in [0.3, 0.4) is 0 Å². The average Bonchev–Trinajstić information content (AvgIpc) is 2.74. The van der Waals surface area contributed by atoms with Gasteiger partial charge in [0.1, 0.15) is 0 Å². The van der Waals surface area contributed by atoms with Crippen molar-refractivity contribution in [2.75, 3.05) is 20.6 Å². The molecule has 1 amide bonds. The number of benzene rings is 1. The zero-order valence-electron chi connectivity index (χ0n) is 16.1. The molecule has 4 rings (SSSR count).